The van der Waals surface area contributed by atoms with Gasteiger partial charge in [0, 0.05) is 5.56 Å². The molecule has 3 heterocycles. The van der Waals surface area contributed by atoms with E-state index >= 15 is 0 Å². The van der Waals surface area contributed by atoms with E-state index in [4.69, 9.17) is 30.0 Å². The molecule has 0 aliphatic carbocycles. The Kier molecular flexibility index (Phi) is 4.62. The van der Waals surface area contributed by atoms with E-state index < -0.39 is 5.97 Å². The van der Waals surface area contributed by atoms with Gasteiger partial charge in [0.05, 0.1) is 19.4 Å². The molecule has 0 spiro atoms. The number of amides is 1. The number of oxazole rings is 1. The number of hydrogen-bond acceptors (Lipinski definition) is 6. The number of aromatic nitrogens is 1. The molecule has 1 amide bonds. The lowest BCUT2D eigenvalue weighted by atomic mass is 10.1. The summed E-state index contributed by atoms with van der Waals surface area (Å²) < 4.78 is 15.9. The molecular formula is C19H13ClN2O6. The van der Waals surface area contributed by atoms with Crippen LogP contribution in [0, 0.1) is 0 Å². The van der Waals surface area contributed by atoms with Crippen molar-refractivity contribution < 1.29 is 27.9 Å². The van der Waals surface area contributed by atoms with Gasteiger partial charge in [0.2, 0.25) is 5.76 Å². The molecule has 0 atom stereocenters. The van der Waals surface area contributed by atoms with E-state index in [-0.39, 0.29) is 30.1 Å². The molecule has 0 bridgehead atoms. The van der Waals surface area contributed by atoms with E-state index in [1.54, 1.807) is 30.3 Å². The Labute approximate surface area is 162 Å². The summed E-state index contributed by atoms with van der Waals surface area (Å²) in [6.45, 7) is 0.228. The Morgan fingerprint density at radius 2 is 1.89 bits per heavy atom. The Morgan fingerprint density at radius 1 is 1.07 bits per heavy atom. The summed E-state index contributed by atoms with van der Waals surface area (Å²) in [6.07, 6.45) is 1.51. The average Bonchev–Trinajstić information content (AvgIpc) is 3.40. The van der Waals surface area contributed by atoms with Gasteiger partial charge < -0.3 is 23.3 Å². The molecule has 0 saturated carbocycles. The van der Waals surface area contributed by atoms with Gasteiger partial charge in [-0.25, -0.2) is 4.79 Å². The third kappa shape index (κ3) is 3.63. The van der Waals surface area contributed by atoms with Gasteiger partial charge >= 0.3 is 5.97 Å². The number of fused-ring (bicyclic) bond motifs is 1. The highest BCUT2D eigenvalue weighted by atomic mass is 35.5. The van der Waals surface area contributed by atoms with Crippen LogP contribution < -0.4 is 0 Å². The largest absolute Gasteiger partial charge is 0.475 e. The van der Waals surface area contributed by atoms with E-state index in [1.165, 1.54) is 23.3 Å². The van der Waals surface area contributed by atoms with Gasteiger partial charge in [-0.2, -0.15) is 4.98 Å². The highest BCUT2D eigenvalue weighted by Gasteiger charge is 2.21. The SMILES string of the molecule is O=C(O)c1ccc(CN(Cc2ccco2)C(=O)c2ccc3nc(Cl)oc3c2)o1. The monoisotopic (exact) mass is 400 g/mol. The summed E-state index contributed by atoms with van der Waals surface area (Å²) in [5.41, 5.74) is 1.29. The zero-order chi connectivity index (χ0) is 19.7. The Morgan fingerprint density at radius 3 is 2.61 bits per heavy atom. The van der Waals surface area contributed by atoms with E-state index in [0.717, 1.165) is 0 Å². The van der Waals surface area contributed by atoms with Crippen molar-refractivity contribution in [2.24, 2.45) is 0 Å². The first-order chi connectivity index (χ1) is 13.5. The van der Waals surface area contributed by atoms with E-state index in [9.17, 15) is 9.59 Å². The number of carbonyl (C=O) groups is 2. The van der Waals surface area contributed by atoms with E-state index in [2.05, 4.69) is 4.98 Å². The minimum absolute atomic E-state index is 0.0103. The molecule has 0 radical (unpaired) electrons. The maximum atomic E-state index is 13.1. The molecule has 0 aliphatic heterocycles. The summed E-state index contributed by atoms with van der Waals surface area (Å²) in [5, 5.41) is 9.00. The smallest absolute Gasteiger partial charge is 0.371 e. The second-order valence-electron chi connectivity index (χ2n) is 5.96. The van der Waals surface area contributed by atoms with Gasteiger partial charge in [-0.1, -0.05) is 0 Å². The predicted molar refractivity (Wildman–Crippen MR) is 97.0 cm³/mol. The van der Waals surface area contributed by atoms with Crippen LogP contribution in [0.3, 0.4) is 0 Å². The van der Waals surface area contributed by atoms with Gasteiger partial charge in [0.15, 0.2) is 5.58 Å². The van der Waals surface area contributed by atoms with Crippen LogP contribution in [0.2, 0.25) is 5.35 Å². The fourth-order valence-electron chi connectivity index (χ4n) is 2.77. The van der Waals surface area contributed by atoms with Crippen molar-refractivity contribution in [3.63, 3.8) is 0 Å². The number of halogens is 1. The first kappa shape index (κ1) is 17.9. The lowest BCUT2D eigenvalue weighted by Gasteiger charge is -2.20. The van der Waals surface area contributed by atoms with Crippen molar-refractivity contribution in [3.8, 4) is 0 Å². The summed E-state index contributed by atoms with van der Waals surface area (Å²) in [7, 11) is 0. The fraction of sp³-hybridized carbons (Fsp3) is 0.105. The molecule has 0 unspecified atom stereocenters. The van der Waals surface area contributed by atoms with Gasteiger partial charge in [0.1, 0.15) is 17.0 Å². The number of carboxylic acids is 1. The Hall–Kier alpha value is -3.52. The molecule has 28 heavy (non-hydrogen) atoms. The van der Waals surface area contributed by atoms with Crippen molar-refractivity contribution in [2.45, 2.75) is 13.1 Å². The van der Waals surface area contributed by atoms with Crippen LogP contribution in [-0.4, -0.2) is 26.9 Å². The van der Waals surface area contributed by atoms with Gasteiger partial charge in [-0.05, 0) is 54.1 Å². The average molecular weight is 401 g/mol. The predicted octanol–water partition coefficient (Wildman–Crippen LogP) is 4.21. The second kappa shape index (κ2) is 7.24. The van der Waals surface area contributed by atoms with Crippen LogP contribution in [0.5, 0.6) is 0 Å². The van der Waals surface area contributed by atoms with Gasteiger partial charge in [-0.15, -0.1) is 0 Å². The molecule has 142 valence electrons. The molecule has 0 aliphatic rings. The molecule has 3 aromatic heterocycles. The summed E-state index contributed by atoms with van der Waals surface area (Å²) in [4.78, 5) is 29.6. The van der Waals surface area contributed by atoms with E-state index in [1.807, 2.05) is 0 Å². The number of benzene rings is 1. The van der Waals surface area contributed by atoms with Crippen LogP contribution in [-0.2, 0) is 13.1 Å². The molecule has 1 aromatic carbocycles. The maximum Gasteiger partial charge on any atom is 0.371 e. The molecule has 0 saturated heterocycles. The summed E-state index contributed by atoms with van der Waals surface area (Å²) >= 11 is 5.76. The molecule has 9 heteroatoms. The highest BCUT2D eigenvalue weighted by molar-refractivity contribution is 6.28. The number of furan rings is 2. The first-order valence-electron chi connectivity index (χ1n) is 8.19. The first-order valence-corrected chi connectivity index (χ1v) is 8.57. The minimum atomic E-state index is -1.18. The van der Waals surface area contributed by atoms with Crippen LogP contribution >= 0.6 is 11.6 Å². The number of aromatic carboxylic acids is 1. The number of hydrogen-bond donors (Lipinski definition) is 1. The van der Waals surface area contributed by atoms with Crippen molar-refractivity contribution in [1.82, 2.24) is 9.88 Å². The van der Waals surface area contributed by atoms with Crippen LogP contribution in [0.25, 0.3) is 11.1 Å². The lowest BCUT2D eigenvalue weighted by Crippen LogP contribution is -2.29. The molecular weight excluding hydrogens is 388 g/mol. The zero-order valence-electron chi connectivity index (χ0n) is 14.3. The Balaban J connectivity index is 1.64. The quantitative estimate of drug-likeness (QED) is 0.516. The second-order valence-corrected chi connectivity index (χ2v) is 6.28. The fourth-order valence-corrected chi connectivity index (χ4v) is 2.94. The van der Waals surface area contributed by atoms with Crippen LogP contribution in [0.1, 0.15) is 32.4 Å². The number of rotatable bonds is 6. The van der Waals surface area contributed by atoms with Crippen molar-refractivity contribution in [1.29, 1.82) is 0 Å². The molecule has 4 rings (SSSR count). The van der Waals surface area contributed by atoms with Gasteiger partial charge in [0.25, 0.3) is 11.3 Å². The number of carboxylic acid groups (broad SMARTS) is 1. The summed E-state index contributed by atoms with van der Waals surface area (Å²) in [5.74, 6) is -0.789. The third-order valence-electron chi connectivity index (χ3n) is 4.04. The van der Waals surface area contributed by atoms with Crippen molar-refractivity contribution >= 4 is 34.6 Å². The maximum absolute atomic E-state index is 13.1. The highest BCUT2D eigenvalue weighted by Crippen LogP contribution is 2.22. The van der Waals surface area contributed by atoms with Crippen molar-refractivity contribution in [3.05, 3.63) is 76.9 Å². The molecule has 1 N–H and O–H groups in total. The molecule has 8 nitrogen and oxygen atoms in total. The molecule has 0 fully saturated rings. The number of carbonyl (C=O) groups excluding carboxylic acids is 1. The van der Waals surface area contributed by atoms with E-state index in [0.29, 0.717) is 28.2 Å². The Bertz CT molecular complexity index is 1140. The van der Waals surface area contributed by atoms with Crippen molar-refractivity contribution in [2.75, 3.05) is 0 Å². The number of nitrogens with zero attached hydrogens (tertiary/aromatic N) is 2. The van der Waals surface area contributed by atoms with Crippen LogP contribution in [0.15, 0.2) is 62.0 Å². The molecule has 4 aromatic rings. The topological polar surface area (TPSA) is 110 Å². The van der Waals surface area contributed by atoms with Crippen LogP contribution in [0.4, 0.5) is 0 Å². The third-order valence-corrected chi connectivity index (χ3v) is 4.20. The minimum Gasteiger partial charge on any atom is -0.475 e. The zero-order valence-corrected chi connectivity index (χ0v) is 15.0. The summed E-state index contributed by atoms with van der Waals surface area (Å²) in [6, 6.07) is 11.1. The normalized spacial score (nSPS) is 11.0. The van der Waals surface area contributed by atoms with Gasteiger partial charge in [-0.3, -0.25) is 4.79 Å². The lowest BCUT2D eigenvalue weighted by molar-refractivity contribution is 0.0653. The standard InChI is InChI=1S/C19H13ClN2O6/c20-19-21-14-5-3-11(8-16(14)28-19)17(23)22(9-12-2-1-7-26-12)10-13-4-6-15(27-13)18(24)25/h1-8H,9-10H2,(H,24,25).